The van der Waals surface area contributed by atoms with Gasteiger partial charge in [-0.3, -0.25) is 0 Å². The van der Waals surface area contributed by atoms with Gasteiger partial charge in [0.1, 0.15) is 5.75 Å². The molecule has 0 saturated carbocycles. The summed E-state index contributed by atoms with van der Waals surface area (Å²) in [5.74, 6) is 3.47. The summed E-state index contributed by atoms with van der Waals surface area (Å²) < 4.78 is 5.28. The minimum absolute atomic E-state index is 0.699. The van der Waals surface area contributed by atoms with Crippen molar-refractivity contribution in [1.29, 1.82) is 0 Å². The van der Waals surface area contributed by atoms with Crippen molar-refractivity contribution >= 4 is 11.8 Å². The minimum atomic E-state index is 0.699. The Morgan fingerprint density at radius 2 is 2.21 bits per heavy atom. The number of methoxy groups -OCH3 is 1. The molecule has 3 heteroatoms. The molecule has 2 nitrogen and oxygen atoms in total. The molecular formula is C11H15NOS. The number of para-hydroxylation sites is 1. The van der Waals surface area contributed by atoms with Crippen LogP contribution in [0.15, 0.2) is 24.3 Å². The van der Waals surface area contributed by atoms with E-state index in [2.05, 4.69) is 17.4 Å². The summed E-state index contributed by atoms with van der Waals surface area (Å²) in [7, 11) is 1.72. The first-order chi connectivity index (χ1) is 6.90. The van der Waals surface area contributed by atoms with Crippen LogP contribution in [0.3, 0.4) is 0 Å². The molecule has 1 fully saturated rings. The fraction of sp³-hybridized carbons (Fsp3) is 0.455. The number of thioether (sulfide) groups is 1. The van der Waals surface area contributed by atoms with Crippen LogP contribution in [0, 0.1) is 0 Å². The molecule has 2 rings (SSSR count). The largest absolute Gasteiger partial charge is 0.496 e. The van der Waals surface area contributed by atoms with Gasteiger partial charge in [-0.1, -0.05) is 18.2 Å². The smallest absolute Gasteiger partial charge is 0.123 e. The predicted octanol–water partition coefficient (Wildman–Crippen LogP) is 1.90. The minimum Gasteiger partial charge on any atom is -0.496 e. The Hall–Kier alpha value is -0.670. The molecule has 1 aliphatic heterocycles. The molecule has 0 amide bonds. The van der Waals surface area contributed by atoms with E-state index in [-0.39, 0.29) is 0 Å². The van der Waals surface area contributed by atoms with Gasteiger partial charge in [-0.05, 0) is 6.07 Å². The third-order valence-corrected chi connectivity index (χ3v) is 3.69. The molecule has 0 bridgehead atoms. The Balaban J connectivity index is 1.93. The zero-order chi connectivity index (χ0) is 9.80. The lowest BCUT2D eigenvalue weighted by atomic mass is 10.2. The van der Waals surface area contributed by atoms with Gasteiger partial charge < -0.3 is 10.1 Å². The van der Waals surface area contributed by atoms with E-state index >= 15 is 0 Å². The van der Waals surface area contributed by atoms with Crippen molar-refractivity contribution < 1.29 is 4.74 Å². The first kappa shape index (κ1) is 9.87. The Morgan fingerprint density at radius 3 is 2.86 bits per heavy atom. The van der Waals surface area contributed by atoms with Crippen molar-refractivity contribution in [2.45, 2.75) is 12.6 Å². The van der Waals surface area contributed by atoms with Gasteiger partial charge in [0.25, 0.3) is 0 Å². The summed E-state index contributed by atoms with van der Waals surface area (Å²) in [6.07, 6.45) is 0. The number of rotatable bonds is 4. The summed E-state index contributed by atoms with van der Waals surface area (Å²) in [4.78, 5) is 0. The van der Waals surface area contributed by atoms with Crippen LogP contribution in [0.5, 0.6) is 5.75 Å². The van der Waals surface area contributed by atoms with E-state index in [1.54, 1.807) is 7.11 Å². The molecule has 1 saturated heterocycles. The lowest BCUT2D eigenvalue weighted by Gasteiger charge is -2.26. The average molecular weight is 209 g/mol. The van der Waals surface area contributed by atoms with Crippen LogP contribution in [0.1, 0.15) is 5.56 Å². The highest BCUT2D eigenvalue weighted by atomic mass is 32.2. The Kier molecular flexibility index (Phi) is 3.32. The van der Waals surface area contributed by atoms with Crippen LogP contribution >= 0.6 is 11.8 Å². The molecule has 0 unspecified atom stereocenters. The molecule has 0 aromatic heterocycles. The van der Waals surface area contributed by atoms with Crippen molar-refractivity contribution in [2.75, 3.05) is 18.6 Å². The number of benzene rings is 1. The highest BCUT2D eigenvalue weighted by Crippen LogP contribution is 2.20. The fourth-order valence-corrected chi connectivity index (χ4v) is 2.16. The van der Waals surface area contributed by atoms with Crippen molar-refractivity contribution in [3.8, 4) is 5.75 Å². The lowest BCUT2D eigenvalue weighted by Crippen LogP contribution is -2.39. The highest BCUT2D eigenvalue weighted by Gasteiger charge is 2.17. The van der Waals surface area contributed by atoms with Gasteiger partial charge in [0, 0.05) is 29.7 Å². The lowest BCUT2D eigenvalue weighted by molar-refractivity contribution is 0.406. The van der Waals surface area contributed by atoms with Gasteiger partial charge in [0.05, 0.1) is 7.11 Å². The highest BCUT2D eigenvalue weighted by molar-refractivity contribution is 8.00. The third-order valence-electron chi connectivity index (χ3n) is 2.41. The van der Waals surface area contributed by atoms with Crippen LogP contribution in [0.4, 0.5) is 0 Å². The van der Waals surface area contributed by atoms with Crippen molar-refractivity contribution in [3.05, 3.63) is 29.8 Å². The zero-order valence-electron chi connectivity index (χ0n) is 8.32. The number of hydrogen-bond donors (Lipinski definition) is 1. The quantitative estimate of drug-likeness (QED) is 0.818. The predicted molar refractivity (Wildman–Crippen MR) is 60.9 cm³/mol. The van der Waals surface area contributed by atoms with E-state index < -0.39 is 0 Å². The van der Waals surface area contributed by atoms with E-state index in [1.807, 2.05) is 23.9 Å². The van der Waals surface area contributed by atoms with Crippen molar-refractivity contribution in [3.63, 3.8) is 0 Å². The molecular weight excluding hydrogens is 194 g/mol. The molecule has 1 N–H and O–H groups in total. The standard InChI is InChI=1S/C11H15NOS/c1-13-11-5-3-2-4-9(11)6-12-10-7-14-8-10/h2-5,10,12H,6-8H2,1H3. The summed E-state index contributed by atoms with van der Waals surface area (Å²) in [5, 5.41) is 3.51. The van der Waals surface area contributed by atoms with Crippen LogP contribution in [0.2, 0.25) is 0 Å². The van der Waals surface area contributed by atoms with E-state index in [9.17, 15) is 0 Å². The number of hydrogen-bond acceptors (Lipinski definition) is 3. The first-order valence-corrected chi connectivity index (χ1v) is 5.98. The maximum Gasteiger partial charge on any atom is 0.123 e. The van der Waals surface area contributed by atoms with E-state index in [1.165, 1.54) is 17.1 Å². The van der Waals surface area contributed by atoms with Gasteiger partial charge in [-0.2, -0.15) is 11.8 Å². The van der Waals surface area contributed by atoms with Crippen LogP contribution in [-0.4, -0.2) is 24.7 Å². The maximum absolute atomic E-state index is 5.28. The Labute approximate surface area is 89.0 Å². The summed E-state index contributed by atoms with van der Waals surface area (Å²) in [6, 6.07) is 8.87. The molecule has 0 aliphatic carbocycles. The Morgan fingerprint density at radius 1 is 1.43 bits per heavy atom. The van der Waals surface area contributed by atoms with Gasteiger partial charge in [-0.15, -0.1) is 0 Å². The Bertz CT molecular complexity index is 299. The monoisotopic (exact) mass is 209 g/mol. The molecule has 0 spiro atoms. The molecule has 1 aromatic rings. The molecule has 14 heavy (non-hydrogen) atoms. The van der Waals surface area contributed by atoms with E-state index in [0.717, 1.165) is 12.3 Å². The number of nitrogens with one attached hydrogen (secondary N) is 1. The third kappa shape index (κ3) is 2.22. The second kappa shape index (κ2) is 4.71. The van der Waals surface area contributed by atoms with Gasteiger partial charge in [0.15, 0.2) is 0 Å². The molecule has 1 heterocycles. The molecule has 1 aliphatic rings. The van der Waals surface area contributed by atoms with Crippen LogP contribution in [-0.2, 0) is 6.54 Å². The second-order valence-electron chi connectivity index (χ2n) is 3.43. The first-order valence-electron chi connectivity index (χ1n) is 4.83. The second-order valence-corrected chi connectivity index (χ2v) is 4.50. The van der Waals surface area contributed by atoms with Crippen molar-refractivity contribution in [2.24, 2.45) is 0 Å². The molecule has 0 atom stereocenters. The fourth-order valence-electron chi connectivity index (χ4n) is 1.46. The van der Waals surface area contributed by atoms with Gasteiger partial charge >= 0.3 is 0 Å². The van der Waals surface area contributed by atoms with E-state index in [4.69, 9.17) is 4.74 Å². The normalized spacial score (nSPS) is 16.4. The topological polar surface area (TPSA) is 21.3 Å². The zero-order valence-corrected chi connectivity index (χ0v) is 9.14. The summed E-state index contributed by atoms with van der Waals surface area (Å²) >= 11 is 2.00. The molecule has 76 valence electrons. The van der Waals surface area contributed by atoms with E-state index in [0.29, 0.717) is 6.04 Å². The summed E-state index contributed by atoms with van der Waals surface area (Å²) in [5.41, 5.74) is 1.24. The van der Waals surface area contributed by atoms with Crippen molar-refractivity contribution in [1.82, 2.24) is 5.32 Å². The van der Waals surface area contributed by atoms with Crippen LogP contribution in [0.25, 0.3) is 0 Å². The summed E-state index contributed by atoms with van der Waals surface area (Å²) in [6.45, 7) is 0.912. The molecule has 0 radical (unpaired) electrons. The van der Waals surface area contributed by atoms with Gasteiger partial charge in [0.2, 0.25) is 0 Å². The average Bonchev–Trinajstić information content (AvgIpc) is 2.16. The number of ether oxygens (including phenoxy) is 1. The van der Waals surface area contributed by atoms with Crippen LogP contribution < -0.4 is 10.1 Å². The SMILES string of the molecule is COc1ccccc1CNC1CSC1. The van der Waals surface area contributed by atoms with Gasteiger partial charge in [-0.25, -0.2) is 0 Å². The molecule has 1 aromatic carbocycles. The maximum atomic E-state index is 5.28.